The van der Waals surface area contributed by atoms with Gasteiger partial charge in [-0.05, 0) is 17.7 Å². The predicted octanol–water partition coefficient (Wildman–Crippen LogP) is 2.90. The van der Waals surface area contributed by atoms with Crippen molar-refractivity contribution in [2.24, 2.45) is 0 Å². The van der Waals surface area contributed by atoms with E-state index in [9.17, 15) is 13.2 Å². The van der Waals surface area contributed by atoms with Crippen LogP contribution < -0.4 is 10.1 Å². The third-order valence-corrected chi connectivity index (χ3v) is 2.57. The maximum absolute atomic E-state index is 12.1. The van der Waals surface area contributed by atoms with Gasteiger partial charge in [-0.3, -0.25) is 0 Å². The number of alkyl halides is 3. The van der Waals surface area contributed by atoms with E-state index < -0.39 is 12.8 Å². The van der Waals surface area contributed by atoms with E-state index in [0.717, 1.165) is 0 Å². The molecule has 0 radical (unpaired) electrons. The molecule has 0 atom stereocenters. The molecule has 2 rings (SSSR count). The first kappa shape index (κ1) is 15.6. The van der Waals surface area contributed by atoms with Crippen molar-refractivity contribution in [3.63, 3.8) is 0 Å². The molecule has 8 heteroatoms. The summed E-state index contributed by atoms with van der Waals surface area (Å²) in [6, 6.07) is 8.13. The fraction of sp³-hybridized carbons (Fsp3) is 0.214. The Hall–Kier alpha value is -2.82. The number of ether oxygens (including phenoxy) is 1. The number of hydrogen-bond donors (Lipinski definition) is 1. The molecule has 1 aromatic carbocycles. The summed E-state index contributed by atoms with van der Waals surface area (Å²) >= 11 is 0. The summed E-state index contributed by atoms with van der Waals surface area (Å²) in [4.78, 5) is 7.83. The highest BCUT2D eigenvalue weighted by molar-refractivity contribution is 5.47. The average molecular weight is 308 g/mol. The third-order valence-electron chi connectivity index (χ3n) is 2.57. The number of benzene rings is 1. The zero-order valence-electron chi connectivity index (χ0n) is 11.3. The molecule has 0 spiro atoms. The summed E-state index contributed by atoms with van der Waals surface area (Å²) in [6.07, 6.45) is -1.54. The Balaban J connectivity index is 2.00. The molecule has 0 amide bonds. The van der Waals surface area contributed by atoms with Crippen LogP contribution >= 0.6 is 0 Å². The molecule has 5 nitrogen and oxygen atoms in total. The molecule has 1 N–H and O–H groups in total. The minimum Gasteiger partial charge on any atom is -0.484 e. The molecule has 0 unspecified atom stereocenters. The highest BCUT2D eigenvalue weighted by Gasteiger charge is 2.28. The van der Waals surface area contributed by atoms with Crippen LogP contribution in [0.2, 0.25) is 0 Å². The lowest BCUT2D eigenvalue weighted by Crippen LogP contribution is -2.19. The van der Waals surface area contributed by atoms with E-state index in [0.29, 0.717) is 11.4 Å². The number of halogens is 3. The van der Waals surface area contributed by atoms with Crippen LogP contribution in [0.1, 0.15) is 11.3 Å². The molecule has 0 bridgehead atoms. The zero-order chi connectivity index (χ0) is 16.0. The molecule has 2 aromatic rings. The molecule has 0 saturated heterocycles. The first-order valence-corrected chi connectivity index (χ1v) is 6.21. The highest BCUT2D eigenvalue weighted by Crippen LogP contribution is 2.20. The molecule has 0 saturated carbocycles. The van der Waals surface area contributed by atoms with E-state index in [1.807, 2.05) is 6.07 Å². The van der Waals surface area contributed by atoms with Crippen LogP contribution in [0, 0.1) is 11.3 Å². The fourth-order valence-electron chi connectivity index (χ4n) is 1.65. The second-order valence-electron chi connectivity index (χ2n) is 4.27. The van der Waals surface area contributed by atoms with Crippen molar-refractivity contribution in [3.05, 3.63) is 47.9 Å². The molecule has 0 aliphatic heterocycles. The lowest BCUT2D eigenvalue weighted by atomic mass is 10.2. The van der Waals surface area contributed by atoms with Crippen LogP contribution in [-0.4, -0.2) is 22.8 Å². The maximum Gasteiger partial charge on any atom is 0.422 e. The second kappa shape index (κ2) is 6.76. The van der Waals surface area contributed by atoms with Crippen molar-refractivity contribution in [2.45, 2.75) is 12.7 Å². The van der Waals surface area contributed by atoms with Crippen LogP contribution in [0.25, 0.3) is 0 Å². The van der Waals surface area contributed by atoms with Gasteiger partial charge in [-0.25, -0.2) is 9.97 Å². The fourth-order valence-corrected chi connectivity index (χ4v) is 1.65. The largest absolute Gasteiger partial charge is 0.484 e. The first-order chi connectivity index (χ1) is 10.5. The normalized spacial score (nSPS) is 10.8. The Morgan fingerprint density at radius 3 is 2.73 bits per heavy atom. The van der Waals surface area contributed by atoms with Gasteiger partial charge in [0.2, 0.25) is 0 Å². The lowest BCUT2D eigenvalue weighted by molar-refractivity contribution is -0.153. The molecule has 0 aliphatic rings. The van der Waals surface area contributed by atoms with Crippen LogP contribution in [-0.2, 0) is 6.54 Å². The van der Waals surface area contributed by atoms with Crippen LogP contribution in [0.3, 0.4) is 0 Å². The van der Waals surface area contributed by atoms with E-state index in [4.69, 9.17) is 5.26 Å². The first-order valence-electron chi connectivity index (χ1n) is 6.21. The number of aromatic nitrogens is 2. The summed E-state index contributed by atoms with van der Waals surface area (Å²) in [7, 11) is 0. The summed E-state index contributed by atoms with van der Waals surface area (Å²) in [5, 5.41) is 11.8. The average Bonchev–Trinajstić information content (AvgIpc) is 2.51. The van der Waals surface area contributed by atoms with Crippen molar-refractivity contribution >= 4 is 5.82 Å². The van der Waals surface area contributed by atoms with Crippen LogP contribution in [0.15, 0.2) is 36.7 Å². The molecular weight excluding hydrogens is 297 g/mol. The van der Waals surface area contributed by atoms with Gasteiger partial charge in [0, 0.05) is 18.9 Å². The Morgan fingerprint density at radius 1 is 1.23 bits per heavy atom. The molecule has 1 aromatic heterocycles. The molecule has 0 fully saturated rings. The van der Waals surface area contributed by atoms with E-state index >= 15 is 0 Å². The number of nitrogens with one attached hydrogen (secondary N) is 1. The SMILES string of the molecule is N#Cc1nccnc1NCc1cccc(OCC(F)(F)F)c1. The molecule has 22 heavy (non-hydrogen) atoms. The van der Waals surface area contributed by atoms with Crippen molar-refractivity contribution in [1.29, 1.82) is 5.26 Å². The standard InChI is InChI=1S/C14H11F3N4O/c15-14(16,17)9-22-11-3-1-2-10(6-11)8-21-13-12(7-18)19-4-5-20-13/h1-6H,8-9H2,(H,20,21). The van der Waals surface area contributed by atoms with Gasteiger partial charge < -0.3 is 10.1 Å². The van der Waals surface area contributed by atoms with Crippen molar-refractivity contribution in [3.8, 4) is 11.8 Å². The van der Waals surface area contributed by atoms with Gasteiger partial charge in [0.1, 0.15) is 11.8 Å². The van der Waals surface area contributed by atoms with Crippen molar-refractivity contribution in [1.82, 2.24) is 9.97 Å². The number of hydrogen-bond acceptors (Lipinski definition) is 5. The van der Waals surface area contributed by atoms with Crippen molar-refractivity contribution < 1.29 is 17.9 Å². The van der Waals surface area contributed by atoms with Gasteiger partial charge in [-0.15, -0.1) is 0 Å². The molecular formula is C14H11F3N4O. The third kappa shape index (κ3) is 4.63. The molecule has 114 valence electrons. The number of nitrogens with zero attached hydrogens (tertiary/aromatic N) is 3. The molecule has 0 aliphatic carbocycles. The lowest BCUT2D eigenvalue weighted by Gasteiger charge is -2.11. The number of nitriles is 1. The van der Waals surface area contributed by atoms with E-state index in [1.54, 1.807) is 12.1 Å². The second-order valence-corrected chi connectivity index (χ2v) is 4.27. The summed E-state index contributed by atoms with van der Waals surface area (Å²) in [6.45, 7) is -1.07. The Bertz CT molecular complexity index is 682. The minimum atomic E-state index is -4.38. The summed E-state index contributed by atoms with van der Waals surface area (Å²) in [5.74, 6) is 0.433. The van der Waals surface area contributed by atoms with Crippen LogP contribution in [0.4, 0.5) is 19.0 Å². The Kier molecular flexibility index (Phi) is 4.78. The van der Waals surface area contributed by atoms with Gasteiger partial charge >= 0.3 is 6.18 Å². The van der Waals surface area contributed by atoms with Gasteiger partial charge in [-0.1, -0.05) is 12.1 Å². The topological polar surface area (TPSA) is 70.8 Å². The maximum atomic E-state index is 12.1. The van der Waals surface area contributed by atoms with E-state index in [-0.39, 0.29) is 18.0 Å². The van der Waals surface area contributed by atoms with E-state index in [1.165, 1.54) is 24.5 Å². The molecule has 1 heterocycles. The van der Waals surface area contributed by atoms with E-state index in [2.05, 4.69) is 20.0 Å². The monoisotopic (exact) mass is 308 g/mol. The summed E-state index contributed by atoms with van der Waals surface area (Å²) < 4.78 is 41.0. The number of rotatable bonds is 5. The quantitative estimate of drug-likeness (QED) is 0.919. The smallest absolute Gasteiger partial charge is 0.422 e. The summed E-state index contributed by atoms with van der Waals surface area (Å²) in [5.41, 5.74) is 0.834. The predicted molar refractivity (Wildman–Crippen MR) is 72.1 cm³/mol. The highest BCUT2D eigenvalue weighted by atomic mass is 19.4. The van der Waals surface area contributed by atoms with Gasteiger partial charge in [-0.2, -0.15) is 18.4 Å². The van der Waals surface area contributed by atoms with Gasteiger partial charge in [0.25, 0.3) is 0 Å². The number of anilines is 1. The minimum absolute atomic E-state index is 0.122. The zero-order valence-corrected chi connectivity index (χ0v) is 11.3. The van der Waals surface area contributed by atoms with Crippen LogP contribution in [0.5, 0.6) is 5.75 Å². The Morgan fingerprint density at radius 2 is 2.00 bits per heavy atom. The van der Waals surface area contributed by atoms with Gasteiger partial charge in [0.15, 0.2) is 18.1 Å². The van der Waals surface area contributed by atoms with Gasteiger partial charge in [0.05, 0.1) is 0 Å². The van der Waals surface area contributed by atoms with Crippen molar-refractivity contribution in [2.75, 3.05) is 11.9 Å². The Labute approximate surface area is 124 Å².